The maximum Gasteiger partial charge on any atom is 0.136 e. The second-order valence-corrected chi connectivity index (χ2v) is 9.67. The van der Waals surface area contributed by atoms with Crippen molar-refractivity contribution in [1.29, 1.82) is 0 Å². The number of hydrogen-bond acceptors (Lipinski definition) is 5. The number of ether oxygens (including phenoxy) is 1. The molecule has 7 heteroatoms. The van der Waals surface area contributed by atoms with E-state index >= 15 is 8.78 Å². The highest BCUT2D eigenvalue weighted by atomic mass is 19.1. The Balaban J connectivity index is 0.00000205. The van der Waals surface area contributed by atoms with Crippen molar-refractivity contribution in [3.8, 4) is 11.3 Å². The Morgan fingerprint density at radius 3 is 2.41 bits per heavy atom. The summed E-state index contributed by atoms with van der Waals surface area (Å²) in [6, 6.07) is 6.58. The molecule has 5 nitrogen and oxygen atoms in total. The molecule has 208 valence electrons. The standard InChI is InChI=1S/C30H34F2N4O.C2H6/c1-6-20(4)7-8-33-27(19(2)3)15-22-14-24(25(31)13-21(22)5)30-29-26(32)16-23(17-28(29)34-18-35-30)36-9-11-37-12-10-36;1-2/h7-8,13-14,16-18H,6,9-12,15H2,1-5H3;1-2H3/b20-7+,33-8?;. The molecule has 1 aliphatic rings. The Labute approximate surface area is 231 Å². The molecule has 4 rings (SSSR count). The number of rotatable bonds is 7. The van der Waals surface area contributed by atoms with E-state index < -0.39 is 11.6 Å². The van der Waals surface area contributed by atoms with Crippen LogP contribution < -0.4 is 4.90 Å². The van der Waals surface area contributed by atoms with E-state index in [9.17, 15) is 0 Å². The van der Waals surface area contributed by atoms with Gasteiger partial charge in [-0.15, -0.1) is 0 Å². The van der Waals surface area contributed by atoms with Gasteiger partial charge in [-0.1, -0.05) is 31.9 Å². The fraction of sp³-hybridized carbons (Fsp3) is 0.406. The fourth-order valence-electron chi connectivity index (χ4n) is 4.33. The molecule has 1 saturated heterocycles. The average Bonchev–Trinajstić information content (AvgIpc) is 2.94. The summed E-state index contributed by atoms with van der Waals surface area (Å²) in [5, 5.41) is 0.217. The SMILES string of the molecule is CC.CC/C(C)=C/C=NC(Cc1cc(-c2ncnc3cc(N4CCOCC4)cc(F)c23)c(F)cc1C)=C(C)C. The summed E-state index contributed by atoms with van der Waals surface area (Å²) in [4.78, 5) is 15.4. The second-order valence-electron chi connectivity index (χ2n) is 9.67. The van der Waals surface area contributed by atoms with Crippen molar-refractivity contribution in [3.05, 3.63) is 76.3 Å². The van der Waals surface area contributed by atoms with Crippen LogP contribution in [0.4, 0.5) is 14.5 Å². The lowest BCUT2D eigenvalue weighted by atomic mass is 9.96. The van der Waals surface area contributed by atoms with Crippen molar-refractivity contribution in [3.63, 3.8) is 0 Å². The largest absolute Gasteiger partial charge is 0.378 e. The highest BCUT2D eigenvalue weighted by Gasteiger charge is 2.20. The summed E-state index contributed by atoms with van der Waals surface area (Å²) in [7, 11) is 0. The minimum Gasteiger partial charge on any atom is -0.378 e. The molecule has 39 heavy (non-hydrogen) atoms. The zero-order valence-corrected chi connectivity index (χ0v) is 24.2. The maximum atomic E-state index is 15.5. The van der Waals surface area contributed by atoms with Crippen LogP contribution >= 0.6 is 0 Å². The minimum atomic E-state index is -0.469. The van der Waals surface area contributed by atoms with E-state index in [-0.39, 0.29) is 16.6 Å². The lowest BCUT2D eigenvalue weighted by molar-refractivity contribution is 0.122. The van der Waals surface area contributed by atoms with Crippen molar-refractivity contribution < 1.29 is 13.5 Å². The summed E-state index contributed by atoms with van der Waals surface area (Å²) in [5.41, 5.74) is 6.65. The third-order valence-electron chi connectivity index (χ3n) is 6.81. The van der Waals surface area contributed by atoms with Gasteiger partial charge >= 0.3 is 0 Å². The molecule has 2 aromatic carbocycles. The fourth-order valence-corrected chi connectivity index (χ4v) is 4.33. The van der Waals surface area contributed by atoms with Crippen LogP contribution in [0.1, 0.15) is 59.1 Å². The van der Waals surface area contributed by atoms with Gasteiger partial charge in [0, 0.05) is 42.7 Å². The molecule has 1 aliphatic heterocycles. The van der Waals surface area contributed by atoms with Gasteiger partial charge in [0.05, 0.1) is 29.8 Å². The molecule has 0 spiro atoms. The lowest BCUT2D eigenvalue weighted by Gasteiger charge is -2.29. The zero-order valence-electron chi connectivity index (χ0n) is 24.2. The first kappa shape index (κ1) is 30.1. The summed E-state index contributed by atoms with van der Waals surface area (Å²) in [5.74, 6) is -0.912. The van der Waals surface area contributed by atoms with Crippen LogP contribution in [0.3, 0.4) is 0 Å². The topological polar surface area (TPSA) is 50.6 Å². The van der Waals surface area contributed by atoms with Gasteiger partial charge in [-0.3, -0.25) is 4.99 Å². The third-order valence-corrected chi connectivity index (χ3v) is 6.81. The van der Waals surface area contributed by atoms with Crippen molar-refractivity contribution in [2.24, 2.45) is 4.99 Å². The summed E-state index contributed by atoms with van der Waals surface area (Å²) >= 11 is 0. The van der Waals surface area contributed by atoms with Crippen LogP contribution in [-0.2, 0) is 11.2 Å². The molecule has 0 N–H and O–H groups in total. The van der Waals surface area contributed by atoms with Crippen molar-refractivity contribution in [1.82, 2.24) is 9.97 Å². The number of aromatic nitrogens is 2. The molecular formula is C32H40F2N4O. The number of nitrogens with zero attached hydrogens (tertiary/aromatic N) is 4. The molecule has 0 unspecified atom stereocenters. The van der Waals surface area contributed by atoms with Crippen LogP contribution in [0, 0.1) is 18.6 Å². The zero-order chi connectivity index (χ0) is 28.5. The van der Waals surface area contributed by atoms with Crippen LogP contribution in [0.25, 0.3) is 22.2 Å². The van der Waals surface area contributed by atoms with Crippen LogP contribution in [0.15, 0.2) is 58.5 Å². The van der Waals surface area contributed by atoms with Gasteiger partial charge in [0.25, 0.3) is 0 Å². The normalized spacial score (nSPS) is 14.0. The van der Waals surface area contributed by atoms with Crippen molar-refractivity contribution in [2.75, 3.05) is 31.2 Å². The summed E-state index contributed by atoms with van der Waals surface area (Å²) < 4.78 is 36.2. The molecule has 0 radical (unpaired) electrons. The number of hydrogen-bond donors (Lipinski definition) is 0. The smallest absolute Gasteiger partial charge is 0.136 e. The summed E-state index contributed by atoms with van der Waals surface area (Å²) in [6.45, 7) is 16.6. The number of aliphatic imine (C=N–C) groups is 1. The van der Waals surface area contributed by atoms with E-state index in [2.05, 4.69) is 33.7 Å². The first-order chi connectivity index (χ1) is 18.8. The number of anilines is 1. The molecule has 1 fully saturated rings. The molecule has 3 aromatic rings. The Bertz CT molecular complexity index is 1380. The van der Waals surface area contributed by atoms with Crippen LogP contribution in [-0.4, -0.2) is 42.5 Å². The van der Waals surface area contributed by atoms with E-state index in [1.807, 2.05) is 53.0 Å². The first-order valence-corrected chi connectivity index (χ1v) is 13.7. The molecule has 0 atom stereocenters. The summed E-state index contributed by atoms with van der Waals surface area (Å²) in [6.07, 6.45) is 6.69. The predicted octanol–water partition coefficient (Wildman–Crippen LogP) is 8.01. The minimum absolute atomic E-state index is 0.217. The number of aryl methyl sites for hydroxylation is 1. The molecule has 1 aromatic heterocycles. The predicted molar refractivity (Wildman–Crippen MR) is 159 cm³/mol. The number of halogens is 2. The third kappa shape index (κ3) is 7.35. The van der Waals surface area contributed by atoms with E-state index in [4.69, 9.17) is 4.74 Å². The van der Waals surface area contributed by atoms with E-state index in [1.54, 1.807) is 6.07 Å². The number of morpholine rings is 1. The van der Waals surface area contributed by atoms with Gasteiger partial charge in [-0.05, 0) is 75.6 Å². The highest BCUT2D eigenvalue weighted by Crippen LogP contribution is 2.34. The van der Waals surface area contributed by atoms with Gasteiger partial charge in [0.1, 0.15) is 18.0 Å². The van der Waals surface area contributed by atoms with Gasteiger partial charge < -0.3 is 9.64 Å². The molecule has 0 amide bonds. The molecule has 0 saturated carbocycles. The van der Waals surface area contributed by atoms with Crippen LogP contribution in [0.5, 0.6) is 0 Å². The van der Waals surface area contributed by atoms with E-state index in [1.165, 1.54) is 24.0 Å². The quantitative estimate of drug-likeness (QED) is 0.288. The molecule has 2 heterocycles. The molecular weight excluding hydrogens is 494 g/mol. The molecule has 0 aliphatic carbocycles. The number of fused-ring (bicyclic) bond motifs is 1. The lowest BCUT2D eigenvalue weighted by Crippen LogP contribution is -2.36. The Hall–Kier alpha value is -3.45. The molecule has 0 bridgehead atoms. The Morgan fingerprint density at radius 2 is 1.74 bits per heavy atom. The van der Waals surface area contributed by atoms with E-state index in [0.717, 1.165) is 34.5 Å². The van der Waals surface area contributed by atoms with Gasteiger partial charge in [-0.25, -0.2) is 18.7 Å². The van der Waals surface area contributed by atoms with Crippen molar-refractivity contribution >= 4 is 22.8 Å². The van der Waals surface area contributed by atoms with Gasteiger partial charge in [0.2, 0.25) is 0 Å². The Kier molecular flexibility index (Phi) is 10.9. The average molecular weight is 535 g/mol. The highest BCUT2D eigenvalue weighted by molar-refractivity contribution is 5.94. The monoisotopic (exact) mass is 534 g/mol. The van der Waals surface area contributed by atoms with Gasteiger partial charge in [-0.2, -0.15) is 0 Å². The second kappa shape index (κ2) is 14.1. The van der Waals surface area contributed by atoms with Crippen LogP contribution in [0.2, 0.25) is 0 Å². The van der Waals surface area contributed by atoms with E-state index in [0.29, 0.717) is 38.2 Å². The Morgan fingerprint density at radius 1 is 1.03 bits per heavy atom. The maximum absolute atomic E-state index is 15.5. The van der Waals surface area contributed by atoms with Gasteiger partial charge in [0.15, 0.2) is 0 Å². The number of allylic oxidation sites excluding steroid dienone is 4. The first-order valence-electron chi connectivity index (χ1n) is 13.7. The number of benzene rings is 2. The van der Waals surface area contributed by atoms with Crippen molar-refractivity contribution in [2.45, 2.75) is 61.3 Å².